The molecule has 3 rings (SSSR count). The van der Waals surface area contributed by atoms with Crippen LogP contribution < -0.4 is 4.72 Å². The van der Waals surface area contributed by atoms with Gasteiger partial charge >= 0.3 is 0 Å². The molecule has 0 unspecified atom stereocenters. The molecule has 0 aliphatic carbocycles. The maximum absolute atomic E-state index is 11.4. The van der Waals surface area contributed by atoms with Gasteiger partial charge in [-0.25, -0.2) is 23.1 Å². The molecule has 0 saturated heterocycles. The zero-order valence-electron chi connectivity index (χ0n) is 15.3. The largest absolute Gasteiger partial charge is 0.493 e. The lowest BCUT2D eigenvalue weighted by atomic mass is 9.97. The van der Waals surface area contributed by atoms with Crippen LogP contribution in [0.25, 0.3) is 17.2 Å². The van der Waals surface area contributed by atoms with E-state index in [2.05, 4.69) is 19.7 Å². The summed E-state index contributed by atoms with van der Waals surface area (Å²) in [7, 11) is -3.29. The van der Waals surface area contributed by atoms with E-state index < -0.39 is 10.0 Å². The second-order valence-corrected chi connectivity index (χ2v) is 8.36. The highest BCUT2D eigenvalue weighted by Crippen LogP contribution is 2.34. The average molecular weight is 387 g/mol. The fraction of sp³-hybridized carbons (Fsp3) is 0.278. The standard InChI is InChI=1S/C18H21N5O3S/c1-12(2)15-16(21-18(22-17(15)24)23-8-7-19-11-23)14-6-4-5-13(9-14)10-20-27(3,25)26/h4-9,11-12,20H,10H2,1-3H3,(H,21,22,24). The first-order valence-electron chi connectivity index (χ1n) is 8.38. The fourth-order valence-corrected chi connectivity index (χ4v) is 3.16. The van der Waals surface area contributed by atoms with Gasteiger partial charge < -0.3 is 5.11 Å². The van der Waals surface area contributed by atoms with Crippen molar-refractivity contribution in [3.8, 4) is 23.1 Å². The Morgan fingerprint density at radius 2 is 2.04 bits per heavy atom. The minimum absolute atomic E-state index is 0.00496. The van der Waals surface area contributed by atoms with E-state index in [1.807, 2.05) is 38.1 Å². The first-order chi connectivity index (χ1) is 12.7. The summed E-state index contributed by atoms with van der Waals surface area (Å²) in [4.78, 5) is 12.8. The van der Waals surface area contributed by atoms with E-state index in [-0.39, 0.29) is 18.3 Å². The van der Waals surface area contributed by atoms with Gasteiger partial charge in [0.1, 0.15) is 6.33 Å². The van der Waals surface area contributed by atoms with Gasteiger partial charge in [0.15, 0.2) is 0 Å². The molecule has 0 fully saturated rings. The number of aromatic hydroxyl groups is 1. The van der Waals surface area contributed by atoms with Gasteiger partial charge in [0, 0.05) is 30.1 Å². The predicted octanol–water partition coefficient (Wildman–Crippen LogP) is 2.21. The minimum Gasteiger partial charge on any atom is -0.493 e. The Hall–Kier alpha value is -2.78. The molecule has 3 aromatic rings. The van der Waals surface area contributed by atoms with E-state index in [1.165, 1.54) is 0 Å². The molecule has 0 aliphatic rings. The highest BCUT2D eigenvalue weighted by atomic mass is 32.2. The predicted molar refractivity (Wildman–Crippen MR) is 102 cm³/mol. The van der Waals surface area contributed by atoms with Gasteiger partial charge in [-0.05, 0) is 17.5 Å². The Kier molecular flexibility index (Phi) is 5.24. The number of sulfonamides is 1. The molecular weight excluding hydrogens is 366 g/mol. The topological polar surface area (TPSA) is 110 Å². The van der Waals surface area contributed by atoms with Gasteiger partial charge in [0.05, 0.1) is 11.9 Å². The van der Waals surface area contributed by atoms with Crippen LogP contribution in [0.4, 0.5) is 0 Å². The number of rotatable bonds is 6. The summed E-state index contributed by atoms with van der Waals surface area (Å²) < 4.78 is 26.8. The molecule has 142 valence electrons. The van der Waals surface area contributed by atoms with Crippen molar-refractivity contribution in [2.45, 2.75) is 26.3 Å². The molecule has 2 aromatic heterocycles. The van der Waals surface area contributed by atoms with Crippen LogP contribution in [0, 0.1) is 0 Å². The second kappa shape index (κ2) is 7.45. The molecule has 0 atom stereocenters. The number of benzene rings is 1. The molecule has 8 nitrogen and oxygen atoms in total. The highest BCUT2D eigenvalue weighted by Gasteiger charge is 2.19. The van der Waals surface area contributed by atoms with Gasteiger partial charge in [-0.2, -0.15) is 4.98 Å². The SMILES string of the molecule is CC(C)c1c(O)nc(-n2ccnc2)nc1-c1cccc(CNS(C)(=O)=O)c1. The van der Waals surface area contributed by atoms with Gasteiger partial charge in [0.25, 0.3) is 0 Å². The summed E-state index contributed by atoms with van der Waals surface area (Å²) >= 11 is 0. The van der Waals surface area contributed by atoms with E-state index in [1.54, 1.807) is 23.3 Å². The van der Waals surface area contributed by atoms with Crippen molar-refractivity contribution in [1.82, 2.24) is 24.2 Å². The lowest BCUT2D eigenvalue weighted by Crippen LogP contribution is -2.21. The number of aromatic nitrogens is 4. The third kappa shape index (κ3) is 4.50. The van der Waals surface area contributed by atoms with Crippen LogP contribution in [0.3, 0.4) is 0 Å². The fourth-order valence-electron chi connectivity index (χ4n) is 2.73. The van der Waals surface area contributed by atoms with Crippen molar-refractivity contribution in [3.63, 3.8) is 0 Å². The molecule has 2 heterocycles. The first-order valence-corrected chi connectivity index (χ1v) is 10.3. The van der Waals surface area contributed by atoms with Crippen LogP contribution >= 0.6 is 0 Å². The van der Waals surface area contributed by atoms with Crippen LogP contribution in [0.2, 0.25) is 0 Å². The van der Waals surface area contributed by atoms with E-state index in [0.29, 0.717) is 17.2 Å². The maximum Gasteiger partial charge on any atom is 0.238 e. The first kappa shape index (κ1) is 19.0. The third-order valence-electron chi connectivity index (χ3n) is 3.97. The summed E-state index contributed by atoms with van der Waals surface area (Å²) in [5, 5.41) is 10.5. The summed E-state index contributed by atoms with van der Waals surface area (Å²) in [6.45, 7) is 4.08. The van der Waals surface area contributed by atoms with Gasteiger partial charge in [0.2, 0.25) is 21.9 Å². The summed E-state index contributed by atoms with van der Waals surface area (Å²) in [6, 6.07) is 7.38. The monoisotopic (exact) mass is 387 g/mol. The summed E-state index contributed by atoms with van der Waals surface area (Å²) in [6.07, 6.45) is 5.97. The highest BCUT2D eigenvalue weighted by molar-refractivity contribution is 7.88. The molecule has 2 N–H and O–H groups in total. The number of hydrogen-bond donors (Lipinski definition) is 2. The van der Waals surface area contributed by atoms with Crippen LogP contribution in [0.1, 0.15) is 30.9 Å². The Balaban J connectivity index is 2.09. The lowest BCUT2D eigenvalue weighted by molar-refractivity contribution is 0.440. The normalized spacial score (nSPS) is 11.9. The van der Waals surface area contributed by atoms with Crippen molar-refractivity contribution in [1.29, 1.82) is 0 Å². The second-order valence-electron chi connectivity index (χ2n) is 6.53. The molecule has 27 heavy (non-hydrogen) atoms. The zero-order valence-corrected chi connectivity index (χ0v) is 16.1. The van der Waals surface area contributed by atoms with Crippen LogP contribution in [0.5, 0.6) is 5.88 Å². The molecule has 0 spiro atoms. The Labute approximate surface area is 158 Å². The Bertz CT molecular complexity index is 1050. The molecule has 9 heteroatoms. The van der Waals surface area contributed by atoms with Crippen molar-refractivity contribution >= 4 is 10.0 Å². The summed E-state index contributed by atoms with van der Waals surface area (Å²) in [5.74, 6) is 0.220. The van der Waals surface area contributed by atoms with Crippen LogP contribution in [-0.2, 0) is 16.6 Å². The van der Waals surface area contributed by atoms with Crippen molar-refractivity contribution in [2.24, 2.45) is 0 Å². The Morgan fingerprint density at radius 3 is 2.67 bits per heavy atom. The van der Waals surface area contributed by atoms with Crippen molar-refractivity contribution < 1.29 is 13.5 Å². The molecule has 0 amide bonds. The number of nitrogens with one attached hydrogen (secondary N) is 1. The van der Waals surface area contributed by atoms with E-state index in [0.717, 1.165) is 17.4 Å². The number of hydrogen-bond acceptors (Lipinski definition) is 6. The van der Waals surface area contributed by atoms with E-state index in [4.69, 9.17) is 0 Å². The molecule has 0 saturated carbocycles. The van der Waals surface area contributed by atoms with E-state index >= 15 is 0 Å². The molecule has 1 aromatic carbocycles. The van der Waals surface area contributed by atoms with Crippen molar-refractivity contribution in [3.05, 3.63) is 54.1 Å². The summed E-state index contributed by atoms with van der Waals surface area (Å²) in [5.41, 5.74) is 2.79. The molecule has 0 bridgehead atoms. The number of imidazole rings is 1. The quantitative estimate of drug-likeness (QED) is 0.671. The molecule has 0 radical (unpaired) electrons. The third-order valence-corrected chi connectivity index (χ3v) is 4.63. The maximum atomic E-state index is 11.4. The van der Waals surface area contributed by atoms with Gasteiger partial charge in [-0.15, -0.1) is 0 Å². The smallest absolute Gasteiger partial charge is 0.238 e. The minimum atomic E-state index is -3.29. The van der Waals surface area contributed by atoms with E-state index in [9.17, 15) is 13.5 Å². The Morgan fingerprint density at radius 1 is 1.26 bits per heavy atom. The average Bonchev–Trinajstić information content (AvgIpc) is 3.13. The lowest BCUT2D eigenvalue weighted by Gasteiger charge is -2.15. The molecule has 0 aliphatic heterocycles. The van der Waals surface area contributed by atoms with Crippen molar-refractivity contribution in [2.75, 3.05) is 6.26 Å². The van der Waals surface area contributed by atoms with Gasteiger partial charge in [-0.1, -0.05) is 32.0 Å². The van der Waals surface area contributed by atoms with Gasteiger partial charge in [-0.3, -0.25) is 4.57 Å². The number of nitrogens with zero attached hydrogens (tertiary/aromatic N) is 4. The van der Waals surface area contributed by atoms with Crippen LogP contribution in [0.15, 0.2) is 43.0 Å². The zero-order chi connectivity index (χ0) is 19.6. The van der Waals surface area contributed by atoms with Crippen LogP contribution in [-0.4, -0.2) is 39.3 Å². The molecular formula is C18H21N5O3S.